The lowest BCUT2D eigenvalue weighted by Crippen LogP contribution is -2.30. The zero-order valence-electron chi connectivity index (χ0n) is 13.4. The molecule has 0 atom stereocenters. The third-order valence-electron chi connectivity index (χ3n) is 3.29. The van der Waals surface area contributed by atoms with Gasteiger partial charge in [-0.3, -0.25) is 10.00 Å². The monoisotopic (exact) mass is 316 g/mol. The van der Waals surface area contributed by atoms with Crippen molar-refractivity contribution in [2.75, 3.05) is 19.0 Å². The molecule has 0 fully saturated rings. The van der Waals surface area contributed by atoms with Crippen LogP contribution in [0.1, 0.15) is 21.5 Å². The zero-order valence-corrected chi connectivity index (χ0v) is 13.4. The Morgan fingerprint density at radius 1 is 1.35 bits per heavy atom. The van der Waals surface area contributed by atoms with Gasteiger partial charge < -0.3 is 10.1 Å². The summed E-state index contributed by atoms with van der Waals surface area (Å²) < 4.78 is 6.33. The van der Waals surface area contributed by atoms with Crippen molar-refractivity contribution in [3.05, 3.63) is 47.2 Å². The van der Waals surface area contributed by atoms with Crippen LogP contribution in [-0.4, -0.2) is 35.4 Å². The molecule has 0 aliphatic heterocycles. The van der Waals surface area contributed by atoms with Crippen molar-refractivity contribution in [1.82, 2.24) is 15.1 Å². The number of esters is 1. The van der Waals surface area contributed by atoms with Crippen LogP contribution in [0.4, 0.5) is 10.6 Å². The summed E-state index contributed by atoms with van der Waals surface area (Å²) in [6.07, 6.45) is 2.44. The van der Waals surface area contributed by atoms with E-state index >= 15 is 0 Å². The molecule has 1 aromatic heterocycles. The normalized spacial score (nSPS) is 10.2. The highest BCUT2D eigenvalue weighted by molar-refractivity contribution is 5.89. The molecule has 0 radical (unpaired) electrons. The van der Waals surface area contributed by atoms with E-state index in [0.717, 1.165) is 11.1 Å². The van der Waals surface area contributed by atoms with Gasteiger partial charge in [0.05, 0.1) is 12.7 Å². The van der Waals surface area contributed by atoms with E-state index in [2.05, 4.69) is 20.5 Å². The predicted octanol–water partition coefficient (Wildman–Crippen LogP) is 1.88. The van der Waals surface area contributed by atoms with Crippen molar-refractivity contribution in [2.24, 2.45) is 7.05 Å². The Morgan fingerprint density at radius 3 is 2.78 bits per heavy atom. The molecule has 7 heteroatoms. The van der Waals surface area contributed by atoms with Crippen LogP contribution in [0.3, 0.4) is 0 Å². The third-order valence-corrected chi connectivity index (χ3v) is 3.29. The molecule has 0 aliphatic rings. The first-order valence-corrected chi connectivity index (χ1v) is 7.22. The highest BCUT2D eigenvalue weighted by atomic mass is 16.5. The topological polar surface area (TPSA) is 85.2 Å². The largest absolute Gasteiger partial charge is 0.465 e. The lowest BCUT2D eigenvalue weighted by atomic mass is 10.1. The van der Waals surface area contributed by atoms with Crippen molar-refractivity contribution in [3.63, 3.8) is 0 Å². The molecule has 23 heavy (non-hydrogen) atoms. The Labute approximate surface area is 134 Å². The number of nitrogens with zero attached hydrogens (tertiary/aromatic N) is 2. The van der Waals surface area contributed by atoms with Crippen LogP contribution in [0.5, 0.6) is 0 Å². The Balaban J connectivity index is 1.84. The van der Waals surface area contributed by atoms with E-state index in [1.165, 1.54) is 7.11 Å². The number of amides is 2. The molecule has 7 nitrogen and oxygen atoms in total. The summed E-state index contributed by atoms with van der Waals surface area (Å²) in [5.41, 5.74) is 2.34. The van der Waals surface area contributed by atoms with E-state index in [1.54, 1.807) is 29.9 Å². The van der Waals surface area contributed by atoms with Gasteiger partial charge in [0.25, 0.3) is 0 Å². The summed E-state index contributed by atoms with van der Waals surface area (Å²) in [7, 11) is 3.14. The van der Waals surface area contributed by atoms with Gasteiger partial charge in [-0.2, -0.15) is 5.10 Å². The summed E-state index contributed by atoms with van der Waals surface area (Å²) in [6.45, 7) is 2.32. The van der Waals surface area contributed by atoms with Crippen LogP contribution in [0.2, 0.25) is 0 Å². The van der Waals surface area contributed by atoms with E-state index < -0.39 is 0 Å². The summed E-state index contributed by atoms with van der Waals surface area (Å²) >= 11 is 0. The fourth-order valence-electron chi connectivity index (χ4n) is 2.17. The molecule has 0 unspecified atom stereocenters. The van der Waals surface area contributed by atoms with Gasteiger partial charge in [-0.1, -0.05) is 12.1 Å². The lowest BCUT2D eigenvalue weighted by molar-refractivity contribution is 0.0600. The molecule has 0 saturated carbocycles. The van der Waals surface area contributed by atoms with E-state index in [9.17, 15) is 9.59 Å². The second kappa shape index (κ2) is 7.44. The maximum atomic E-state index is 11.8. The molecule has 0 aliphatic carbocycles. The number of aryl methyl sites for hydroxylation is 2. The van der Waals surface area contributed by atoms with Crippen LogP contribution >= 0.6 is 0 Å². The predicted molar refractivity (Wildman–Crippen MR) is 86.5 cm³/mol. The standard InChI is InChI=1S/C16H20N4O3/c1-11-10-20(2)19-14(11)18-16(22)17-8-7-12-5-4-6-13(9-12)15(21)23-3/h4-6,9-10H,7-8H2,1-3H3,(H2,17,18,19,22). The van der Waals surface area contributed by atoms with Crippen LogP contribution in [-0.2, 0) is 18.2 Å². The maximum Gasteiger partial charge on any atom is 0.337 e. The lowest BCUT2D eigenvalue weighted by Gasteiger charge is -2.07. The van der Waals surface area contributed by atoms with Gasteiger partial charge in [0, 0.05) is 25.4 Å². The number of nitrogens with one attached hydrogen (secondary N) is 2. The van der Waals surface area contributed by atoms with Crippen LogP contribution in [0.25, 0.3) is 0 Å². The first-order chi connectivity index (χ1) is 11.0. The smallest absolute Gasteiger partial charge is 0.337 e. The van der Waals surface area contributed by atoms with Crippen molar-refractivity contribution in [3.8, 4) is 0 Å². The van der Waals surface area contributed by atoms with Crippen molar-refractivity contribution in [1.29, 1.82) is 0 Å². The van der Waals surface area contributed by atoms with Crippen LogP contribution in [0, 0.1) is 6.92 Å². The van der Waals surface area contributed by atoms with Crippen molar-refractivity contribution < 1.29 is 14.3 Å². The molecule has 0 bridgehead atoms. The first kappa shape index (κ1) is 16.5. The van der Waals surface area contributed by atoms with Gasteiger partial charge in [0.1, 0.15) is 0 Å². The van der Waals surface area contributed by atoms with Gasteiger partial charge in [0.15, 0.2) is 5.82 Å². The molecule has 122 valence electrons. The fraction of sp³-hybridized carbons (Fsp3) is 0.312. The molecule has 2 amide bonds. The molecule has 2 N–H and O–H groups in total. The first-order valence-electron chi connectivity index (χ1n) is 7.22. The highest BCUT2D eigenvalue weighted by Gasteiger charge is 2.08. The summed E-state index contributed by atoms with van der Waals surface area (Å²) in [4.78, 5) is 23.3. The molecule has 0 spiro atoms. The Bertz CT molecular complexity index is 709. The highest BCUT2D eigenvalue weighted by Crippen LogP contribution is 2.10. The number of methoxy groups -OCH3 is 1. The third kappa shape index (κ3) is 4.57. The number of aromatic nitrogens is 2. The minimum Gasteiger partial charge on any atom is -0.465 e. The van der Waals surface area contributed by atoms with Gasteiger partial charge >= 0.3 is 12.0 Å². The van der Waals surface area contributed by atoms with E-state index in [-0.39, 0.29) is 12.0 Å². The quantitative estimate of drug-likeness (QED) is 0.825. The number of ether oxygens (including phenoxy) is 1. The van der Waals surface area contributed by atoms with Gasteiger partial charge in [-0.25, -0.2) is 9.59 Å². The van der Waals surface area contributed by atoms with Gasteiger partial charge in [0.2, 0.25) is 0 Å². The van der Waals surface area contributed by atoms with E-state index in [0.29, 0.717) is 24.3 Å². The second-order valence-corrected chi connectivity index (χ2v) is 5.16. The Kier molecular flexibility index (Phi) is 5.35. The van der Waals surface area contributed by atoms with Crippen LogP contribution < -0.4 is 10.6 Å². The average Bonchev–Trinajstić information content (AvgIpc) is 2.84. The van der Waals surface area contributed by atoms with Crippen LogP contribution in [0.15, 0.2) is 30.5 Å². The zero-order chi connectivity index (χ0) is 16.8. The minimum atomic E-state index is -0.372. The van der Waals surface area contributed by atoms with Crippen molar-refractivity contribution in [2.45, 2.75) is 13.3 Å². The number of hydrogen-bond donors (Lipinski definition) is 2. The average molecular weight is 316 g/mol. The molecular weight excluding hydrogens is 296 g/mol. The molecule has 1 heterocycles. The number of carbonyl (C=O) groups is 2. The van der Waals surface area contributed by atoms with Gasteiger partial charge in [-0.05, 0) is 31.0 Å². The molecule has 0 saturated heterocycles. The number of rotatable bonds is 5. The molecular formula is C16H20N4O3. The van der Waals surface area contributed by atoms with Gasteiger partial charge in [-0.15, -0.1) is 0 Å². The number of benzene rings is 1. The second-order valence-electron chi connectivity index (χ2n) is 5.16. The Hall–Kier alpha value is -2.83. The number of urea groups is 1. The number of anilines is 1. The van der Waals surface area contributed by atoms with Crippen molar-refractivity contribution >= 4 is 17.8 Å². The Morgan fingerprint density at radius 2 is 2.13 bits per heavy atom. The number of hydrogen-bond acceptors (Lipinski definition) is 4. The fourth-order valence-corrected chi connectivity index (χ4v) is 2.17. The summed E-state index contributed by atoms with van der Waals surface area (Å²) in [6, 6.07) is 6.83. The summed E-state index contributed by atoms with van der Waals surface area (Å²) in [5.74, 6) is 0.167. The molecule has 1 aromatic carbocycles. The number of carbonyl (C=O) groups excluding carboxylic acids is 2. The summed E-state index contributed by atoms with van der Waals surface area (Å²) in [5, 5.41) is 9.61. The van der Waals surface area contributed by atoms with E-state index in [1.807, 2.05) is 19.2 Å². The molecule has 2 rings (SSSR count). The van der Waals surface area contributed by atoms with E-state index in [4.69, 9.17) is 0 Å². The SMILES string of the molecule is COC(=O)c1cccc(CCNC(=O)Nc2nn(C)cc2C)c1. The maximum absolute atomic E-state index is 11.8. The molecule has 2 aromatic rings. The minimum absolute atomic E-state index is 0.309.